The maximum atomic E-state index is 10.8. The summed E-state index contributed by atoms with van der Waals surface area (Å²) in [5, 5.41) is 3.89. The highest BCUT2D eigenvalue weighted by molar-refractivity contribution is 5.98. The first-order chi connectivity index (χ1) is 8.79. The molecule has 0 saturated carbocycles. The number of carbonyl (C=O) groups is 1. The van der Waals surface area contributed by atoms with Gasteiger partial charge < -0.3 is 5.73 Å². The molecular weight excluding hydrogens is 232 g/mol. The lowest BCUT2D eigenvalue weighted by molar-refractivity contribution is 0.100. The minimum absolute atomic E-state index is 0.343. The van der Waals surface area contributed by atoms with Crippen LogP contribution in [0, 0.1) is 0 Å². The number of carbonyl (C=O) groups excluding carboxylic acids is 1. The molecule has 0 aliphatic rings. The van der Waals surface area contributed by atoms with Crippen molar-refractivity contribution >= 4 is 11.6 Å². The molecule has 0 saturated heterocycles. The van der Waals surface area contributed by atoms with Crippen LogP contribution in [0.2, 0.25) is 0 Å². The minimum atomic E-state index is -0.510. The highest BCUT2D eigenvalue weighted by Gasteiger charge is 2.08. The van der Waals surface area contributed by atoms with Crippen molar-refractivity contribution in [1.29, 1.82) is 0 Å². The summed E-state index contributed by atoms with van der Waals surface area (Å²) in [7, 11) is 0. The van der Waals surface area contributed by atoms with Gasteiger partial charge in [0.15, 0.2) is 5.65 Å². The van der Waals surface area contributed by atoms with Crippen molar-refractivity contribution in [1.82, 2.24) is 24.6 Å². The molecule has 0 aliphatic carbocycles. The molecule has 0 bridgehead atoms. The summed E-state index contributed by atoms with van der Waals surface area (Å²) < 4.78 is 1.50. The smallest absolute Gasteiger partial charge is 0.254 e. The molecule has 0 radical (unpaired) electrons. The first-order valence-corrected chi connectivity index (χ1v) is 5.07. The Morgan fingerprint density at radius 2 is 1.94 bits per heavy atom. The van der Waals surface area contributed by atoms with E-state index in [-0.39, 0.29) is 0 Å². The summed E-state index contributed by atoms with van der Waals surface area (Å²) in [6.45, 7) is 0. The van der Waals surface area contributed by atoms with E-state index >= 15 is 0 Å². The van der Waals surface area contributed by atoms with Crippen molar-refractivity contribution in [3.05, 3.63) is 55.0 Å². The fourth-order valence-electron chi connectivity index (χ4n) is 1.25. The topological polar surface area (TPSA) is 99.1 Å². The monoisotopic (exact) mass is 242 g/mol. The van der Waals surface area contributed by atoms with E-state index in [1.54, 1.807) is 36.9 Å². The number of amides is 1. The van der Waals surface area contributed by atoms with Gasteiger partial charge in [-0.2, -0.15) is 5.10 Å². The van der Waals surface area contributed by atoms with Crippen LogP contribution in [0.15, 0.2) is 49.4 Å². The van der Waals surface area contributed by atoms with Gasteiger partial charge in [-0.15, -0.1) is 0 Å². The Labute approximate surface area is 102 Å². The fourth-order valence-corrected chi connectivity index (χ4v) is 1.25. The summed E-state index contributed by atoms with van der Waals surface area (Å²) in [6.07, 6.45) is 9.57. The Morgan fingerprint density at radius 3 is 2.50 bits per heavy atom. The Bertz CT molecular complexity index is 609. The molecule has 3 aromatic rings. The molecule has 90 valence electrons. The number of primary amides is 1. The van der Waals surface area contributed by atoms with E-state index in [1.165, 1.54) is 17.0 Å². The van der Waals surface area contributed by atoms with Crippen LogP contribution < -0.4 is 5.73 Å². The van der Waals surface area contributed by atoms with E-state index in [2.05, 4.69) is 20.1 Å². The van der Waals surface area contributed by atoms with Crippen molar-refractivity contribution in [2.24, 2.45) is 5.73 Å². The second-order valence-electron chi connectivity index (χ2n) is 3.21. The molecule has 0 aromatic carbocycles. The summed E-state index contributed by atoms with van der Waals surface area (Å²) in [5.41, 5.74) is 5.93. The molecule has 2 N–H and O–H groups in total. The first-order valence-electron chi connectivity index (χ1n) is 5.07. The molecule has 0 atom stereocenters. The molecule has 1 amide bonds. The Hall–Kier alpha value is -2.83. The molecule has 0 aliphatic heterocycles. The zero-order valence-electron chi connectivity index (χ0n) is 9.34. The van der Waals surface area contributed by atoms with Crippen molar-refractivity contribution in [2.75, 3.05) is 0 Å². The SMILES string of the molecule is NC(=O)c1cnn2cccnc12.c1cncnc1. The third kappa shape index (κ3) is 2.64. The van der Waals surface area contributed by atoms with Crippen molar-refractivity contribution in [3.8, 4) is 0 Å². The molecule has 3 aromatic heterocycles. The standard InChI is InChI=1S/C7H6N4O.C4H4N2/c8-6(12)5-4-10-11-3-1-2-9-7(5)11;1-2-5-4-6-3-1/h1-4H,(H2,8,12);1-4H. The van der Waals surface area contributed by atoms with Crippen molar-refractivity contribution in [3.63, 3.8) is 0 Å². The van der Waals surface area contributed by atoms with Gasteiger partial charge in [0.1, 0.15) is 11.9 Å². The average Bonchev–Trinajstić information content (AvgIpc) is 2.85. The molecule has 3 rings (SSSR count). The van der Waals surface area contributed by atoms with Gasteiger partial charge in [0.2, 0.25) is 0 Å². The highest BCUT2D eigenvalue weighted by Crippen LogP contribution is 2.04. The molecule has 0 spiro atoms. The van der Waals surface area contributed by atoms with Crippen LogP contribution in [0.1, 0.15) is 10.4 Å². The van der Waals surface area contributed by atoms with E-state index in [1.807, 2.05) is 0 Å². The van der Waals surface area contributed by atoms with Gasteiger partial charge >= 0.3 is 0 Å². The number of hydrogen-bond donors (Lipinski definition) is 1. The van der Waals surface area contributed by atoms with Crippen LogP contribution in [0.4, 0.5) is 0 Å². The number of rotatable bonds is 1. The molecular formula is C11H10N6O. The van der Waals surface area contributed by atoms with E-state index in [9.17, 15) is 4.79 Å². The Balaban J connectivity index is 0.000000169. The third-order valence-electron chi connectivity index (χ3n) is 2.02. The largest absolute Gasteiger partial charge is 0.365 e. The fraction of sp³-hybridized carbons (Fsp3) is 0. The Morgan fingerprint density at radius 1 is 1.17 bits per heavy atom. The second kappa shape index (κ2) is 5.48. The summed E-state index contributed by atoms with van der Waals surface area (Å²) in [4.78, 5) is 22.1. The number of nitrogens with two attached hydrogens (primary N) is 1. The number of nitrogens with zero attached hydrogens (tertiary/aromatic N) is 5. The number of fused-ring (bicyclic) bond motifs is 1. The molecule has 3 heterocycles. The first kappa shape index (κ1) is 11.6. The van der Waals surface area contributed by atoms with Crippen molar-refractivity contribution < 1.29 is 4.79 Å². The van der Waals surface area contributed by atoms with Gasteiger partial charge in [-0.05, 0) is 12.1 Å². The van der Waals surface area contributed by atoms with Gasteiger partial charge in [0.25, 0.3) is 5.91 Å². The molecule has 7 nitrogen and oxygen atoms in total. The molecule has 0 fully saturated rings. The summed E-state index contributed by atoms with van der Waals surface area (Å²) in [6, 6.07) is 3.50. The van der Waals surface area contributed by atoms with Gasteiger partial charge in [0.05, 0.1) is 6.20 Å². The van der Waals surface area contributed by atoms with Gasteiger partial charge in [-0.1, -0.05) is 0 Å². The van der Waals surface area contributed by atoms with Crippen LogP contribution in [-0.2, 0) is 0 Å². The number of hydrogen-bond acceptors (Lipinski definition) is 5. The van der Waals surface area contributed by atoms with E-state index < -0.39 is 5.91 Å². The maximum Gasteiger partial charge on any atom is 0.254 e. The molecule has 0 unspecified atom stereocenters. The predicted molar refractivity (Wildman–Crippen MR) is 63.5 cm³/mol. The lowest BCUT2D eigenvalue weighted by atomic mass is 10.3. The zero-order chi connectivity index (χ0) is 12.8. The highest BCUT2D eigenvalue weighted by atomic mass is 16.1. The van der Waals surface area contributed by atoms with E-state index in [0.29, 0.717) is 11.2 Å². The van der Waals surface area contributed by atoms with Crippen LogP contribution >= 0.6 is 0 Å². The van der Waals surface area contributed by atoms with E-state index in [4.69, 9.17) is 5.73 Å². The van der Waals surface area contributed by atoms with Gasteiger partial charge in [0, 0.05) is 24.8 Å². The molecule has 18 heavy (non-hydrogen) atoms. The Kier molecular flexibility index (Phi) is 3.55. The van der Waals surface area contributed by atoms with Crippen LogP contribution in [0.5, 0.6) is 0 Å². The minimum Gasteiger partial charge on any atom is -0.365 e. The lowest BCUT2D eigenvalue weighted by Gasteiger charge is -1.90. The average molecular weight is 242 g/mol. The number of aromatic nitrogens is 5. The lowest BCUT2D eigenvalue weighted by Crippen LogP contribution is -2.10. The summed E-state index contributed by atoms with van der Waals surface area (Å²) in [5.74, 6) is -0.510. The predicted octanol–water partition coefficient (Wildman–Crippen LogP) is 0.305. The summed E-state index contributed by atoms with van der Waals surface area (Å²) >= 11 is 0. The van der Waals surface area contributed by atoms with Crippen molar-refractivity contribution in [2.45, 2.75) is 0 Å². The van der Waals surface area contributed by atoms with Crippen LogP contribution in [-0.4, -0.2) is 30.5 Å². The quantitative estimate of drug-likeness (QED) is 0.661. The normalized spacial score (nSPS) is 9.56. The zero-order valence-corrected chi connectivity index (χ0v) is 9.34. The second-order valence-corrected chi connectivity index (χ2v) is 3.21. The van der Waals surface area contributed by atoms with E-state index in [0.717, 1.165) is 0 Å². The van der Waals surface area contributed by atoms with Gasteiger partial charge in [-0.25, -0.2) is 19.5 Å². The molecule has 7 heteroatoms. The van der Waals surface area contributed by atoms with Crippen LogP contribution in [0.25, 0.3) is 5.65 Å². The maximum absolute atomic E-state index is 10.8. The van der Waals surface area contributed by atoms with Gasteiger partial charge in [-0.3, -0.25) is 4.79 Å². The third-order valence-corrected chi connectivity index (χ3v) is 2.02. The van der Waals surface area contributed by atoms with Crippen LogP contribution in [0.3, 0.4) is 0 Å².